The molecule has 1 aliphatic rings. The number of rotatable bonds is 3. The molecule has 0 aromatic heterocycles. The fourth-order valence-corrected chi connectivity index (χ4v) is 1.43. The molecule has 0 aromatic rings. The predicted octanol–water partition coefficient (Wildman–Crippen LogP) is -1.10. The number of methoxy groups -OCH3 is 1. The van der Waals surface area contributed by atoms with Crippen LogP contribution in [0.25, 0.3) is 0 Å². The molecule has 80 valence electrons. The van der Waals surface area contributed by atoms with Crippen molar-refractivity contribution in [1.29, 1.82) is 0 Å². The summed E-state index contributed by atoms with van der Waals surface area (Å²) in [6, 6.07) is -0.269. The van der Waals surface area contributed by atoms with Crippen LogP contribution in [0, 0.1) is 0 Å². The summed E-state index contributed by atoms with van der Waals surface area (Å²) >= 11 is 0. The highest BCUT2D eigenvalue weighted by Gasteiger charge is 2.24. The van der Waals surface area contributed by atoms with E-state index >= 15 is 0 Å². The van der Waals surface area contributed by atoms with Gasteiger partial charge in [0.15, 0.2) is 0 Å². The Bertz CT molecular complexity index is 232. The normalized spacial score (nSPS) is 20.9. The SMILES string of the molecule is COC(=O)CNC1CCN(C(N)=O)C1. The van der Waals surface area contributed by atoms with Gasteiger partial charge in [-0.2, -0.15) is 0 Å². The van der Waals surface area contributed by atoms with Gasteiger partial charge in [0.2, 0.25) is 0 Å². The molecular formula is C8H15N3O3. The lowest BCUT2D eigenvalue weighted by molar-refractivity contribution is -0.139. The summed E-state index contributed by atoms with van der Waals surface area (Å²) in [4.78, 5) is 23.1. The molecular weight excluding hydrogens is 186 g/mol. The Morgan fingerprint density at radius 3 is 2.86 bits per heavy atom. The summed E-state index contributed by atoms with van der Waals surface area (Å²) in [5.74, 6) is -0.303. The number of esters is 1. The Morgan fingerprint density at radius 1 is 1.64 bits per heavy atom. The van der Waals surface area contributed by atoms with Crippen LogP contribution < -0.4 is 11.1 Å². The van der Waals surface area contributed by atoms with Gasteiger partial charge in [0.25, 0.3) is 0 Å². The van der Waals surface area contributed by atoms with Crippen LogP contribution >= 0.6 is 0 Å². The van der Waals surface area contributed by atoms with Crippen LogP contribution in [-0.4, -0.2) is 49.7 Å². The number of amides is 2. The molecule has 1 aliphatic heterocycles. The molecule has 0 radical (unpaired) electrons. The maximum absolute atomic E-state index is 10.8. The number of urea groups is 1. The lowest BCUT2D eigenvalue weighted by atomic mass is 10.2. The van der Waals surface area contributed by atoms with Crippen molar-refractivity contribution >= 4 is 12.0 Å². The fourth-order valence-electron chi connectivity index (χ4n) is 1.43. The molecule has 2 amide bonds. The second kappa shape index (κ2) is 4.80. The number of nitrogens with zero attached hydrogens (tertiary/aromatic N) is 1. The molecule has 6 nitrogen and oxygen atoms in total. The number of carbonyl (C=O) groups is 2. The van der Waals surface area contributed by atoms with Crippen molar-refractivity contribution in [3.8, 4) is 0 Å². The summed E-state index contributed by atoms with van der Waals surface area (Å²) in [6.07, 6.45) is 0.819. The number of nitrogens with two attached hydrogens (primary N) is 1. The van der Waals surface area contributed by atoms with E-state index < -0.39 is 6.03 Å². The molecule has 1 fully saturated rings. The van der Waals surface area contributed by atoms with Crippen molar-refractivity contribution in [2.24, 2.45) is 5.73 Å². The first kappa shape index (κ1) is 10.8. The van der Waals surface area contributed by atoms with Gasteiger partial charge in [0.1, 0.15) is 0 Å². The standard InChI is InChI=1S/C8H15N3O3/c1-14-7(12)4-10-6-2-3-11(5-6)8(9)13/h6,10H,2-5H2,1H3,(H2,9,13). The van der Waals surface area contributed by atoms with Crippen LogP contribution in [0.5, 0.6) is 0 Å². The number of ether oxygens (including phenoxy) is 1. The maximum atomic E-state index is 10.8. The van der Waals surface area contributed by atoms with Crippen molar-refractivity contribution in [2.45, 2.75) is 12.5 Å². The fraction of sp³-hybridized carbons (Fsp3) is 0.750. The monoisotopic (exact) mass is 201 g/mol. The number of primary amides is 1. The summed E-state index contributed by atoms with van der Waals surface area (Å²) < 4.78 is 4.48. The molecule has 0 bridgehead atoms. The van der Waals surface area contributed by atoms with Crippen molar-refractivity contribution in [3.63, 3.8) is 0 Å². The highest BCUT2D eigenvalue weighted by molar-refractivity contribution is 5.72. The molecule has 6 heteroatoms. The van der Waals surface area contributed by atoms with Gasteiger partial charge < -0.3 is 20.7 Å². The van der Waals surface area contributed by atoms with Gasteiger partial charge in [-0.25, -0.2) is 4.79 Å². The zero-order valence-corrected chi connectivity index (χ0v) is 8.16. The molecule has 1 unspecified atom stereocenters. The molecule has 0 saturated carbocycles. The number of nitrogens with one attached hydrogen (secondary N) is 1. The third kappa shape index (κ3) is 2.88. The largest absolute Gasteiger partial charge is 0.468 e. The first-order valence-electron chi connectivity index (χ1n) is 4.48. The highest BCUT2D eigenvalue weighted by atomic mass is 16.5. The van der Waals surface area contributed by atoms with E-state index in [1.807, 2.05) is 0 Å². The van der Waals surface area contributed by atoms with Gasteiger partial charge in [-0.3, -0.25) is 4.79 Å². The molecule has 3 N–H and O–H groups in total. The molecule has 0 aromatic carbocycles. The molecule has 1 heterocycles. The van der Waals surface area contributed by atoms with Gasteiger partial charge in [0.05, 0.1) is 13.7 Å². The first-order chi connectivity index (χ1) is 6.63. The van der Waals surface area contributed by atoms with Crippen LogP contribution in [0.1, 0.15) is 6.42 Å². The maximum Gasteiger partial charge on any atom is 0.319 e. The summed E-state index contributed by atoms with van der Waals surface area (Å²) in [5, 5.41) is 2.99. The van der Waals surface area contributed by atoms with E-state index in [1.54, 1.807) is 4.90 Å². The summed E-state index contributed by atoms with van der Waals surface area (Å²) in [7, 11) is 1.34. The van der Waals surface area contributed by atoms with Crippen LogP contribution in [0.3, 0.4) is 0 Å². The van der Waals surface area contributed by atoms with Gasteiger partial charge in [-0.1, -0.05) is 0 Å². The Hall–Kier alpha value is -1.30. The van der Waals surface area contributed by atoms with Crippen molar-refractivity contribution in [2.75, 3.05) is 26.7 Å². The highest BCUT2D eigenvalue weighted by Crippen LogP contribution is 2.07. The predicted molar refractivity (Wildman–Crippen MR) is 49.6 cm³/mol. The van der Waals surface area contributed by atoms with Crippen LogP contribution in [0.4, 0.5) is 4.79 Å². The van der Waals surface area contributed by atoms with Gasteiger partial charge in [0, 0.05) is 19.1 Å². The molecule has 1 saturated heterocycles. The molecule has 1 atom stereocenters. The summed E-state index contributed by atoms with van der Waals surface area (Å²) in [5.41, 5.74) is 5.11. The van der Waals surface area contributed by atoms with Crippen LogP contribution in [0.2, 0.25) is 0 Å². The number of hydrogen-bond donors (Lipinski definition) is 2. The minimum atomic E-state index is -0.410. The topological polar surface area (TPSA) is 84.7 Å². The van der Waals surface area contributed by atoms with Gasteiger partial charge >= 0.3 is 12.0 Å². The second-order valence-electron chi connectivity index (χ2n) is 3.23. The Balaban J connectivity index is 2.22. The number of hydrogen-bond acceptors (Lipinski definition) is 4. The molecule has 1 rings (SSSR count). The van der Waals surface area contributed by atoms with Gasteiger partial charge in [-0.15, -0.1) is 0 Å². The third-order valence-corrected chi connectivity index (χ3v) is 2.26. The van der Waals surface area contributed by atoms with E-state index in [4.69, 9.17) is 5.73 Å². The smallest absolute Gasteiger partial charge is 0.319 e. The average molecular weight is 201 g/mol. The Morgan fingerprint density at radius 2 is 2.36 bits per heavy atom. The van der Waals surface area contributed by atoms with Gasteiger partial charge in [-0.05, 0) is 6.42 Å². The lowest BCUT2D eigenvalue weighted by Gasteiger charge is -2.13. The number of likely N-dealkylation sites (tertiary alicyclic amines) is 1. The summed E-state index contributed by atoms with van der Waals surface area (Å²) in [6.45, 7) is 1.38. The Labute approximate surface area is 82.4 Å². The quantitative estimate of drug-likeness (QED) is 0.568. The minimum absolute atomic E-state index is 0.140. The first-order valence-corrected chi connectivity index (χ1v) is 4.48. The zero-order valence-electron chi connectivity index (χ0n) is 8.16. The zero-order chi connectivity index (χ0) is 10.6. The third-order valence-electron chi connectivity index (χ3n) is 2.26. The van der Waals surface area contributed by atoms with Crippen molar-refractivity contribution in [3.05, 3.63) is 0 Å². The lowest BCUT2D eigenvalue weighted by Crippen LogP contribution is -2.39. The number of carbonyl (C=O) groups excluding carboxylic acids is 2. The van der Waals surface area contributed by atoms with E-state index in [0.29, 0.717) is 13.1 Å². The molecule has 14 heavy (non-hydrogen) atoms. The van der Waals surface area contributed by atoms with E-state index in [0.717, 1.165) is 6.42 Å². The van der Waals surface area contributed by atoms with E-state index in [9.17, 15) is 9.59 Å². The minimum Gasteiger partial charge on any atom is -0.468 e. The molecule has 0 spiro atoms. The van der Waals surface area contributed by atoms with Crippen LogP contribution in [-0.2, 0) is 9.53 Å². The van der Waals surface area contributed by atoms with Crippen LogP contribution in [0.15, 0.2) is 0 Å². The average Bonchev–Trinajstić information content (AvgIpc) is 2.62. The second-order valence-corrected chi connectivity index (χ2v) is 3.23. The molecule has 0 aliphatic carbocycles. The Kier molecular flexibility index (Phi) is 3.70. The van der Waals surface area contributed by atoms with E-state index in [1.165, 1.54) is 7.11 Å². The van der Waals surface area contributed by atoms with Crippen molar-refractivity contribution < 1.29 is 14.3 Å². The van der Waals surface area contributed by atoms with E-state index in [2.05, 4.69) is 10.1 Å². The van der Waals surface area contributed by atoms with E-state index in [-0.39, 0.29) is 18.6 Å². The van der Waals surface area contributed by atoms with Crippen molar-refractivity contribution in [1.82, 2.24) is 10.2 Å².